The Hall–Kier alpha value is -2.37. The zero-order chi connectivity index (χ0) is 19.5. The fourth-order valence-corrected chi connectivity index (χ4v) is 2.68. The number of nitrogens with one attached hydrogen (secondary N) is 2. The Labute approximate surface area is 162 Å². The van der Waals surface area contributed by atoms with E-state index >= 15 is 0 Å². The highest BCUT2D eigenvalue weighted by Gasteiger charge is 2.10. The molecule has 2 rings (SSSR count). The van der Waals surface area contributed by atoms with E-state index < -0.39 is 0 Å². The highest BCUT2D eigenvalue weighted by atomic mass is 16.5. The van der Waals surface area contributed by atoms with Gasteiger partial charge in [0.1, 0.15) is 0 Å². The molecule has 0 aliphatic carbocycles. The van der Waals surface area contributed by atoms with Crippen LogP contribution in [0.3, 0.4) is 0 Å². The molecule has 1 atom stereocenters. The topological polar surface area (TPSA) is 59.6 Å². The second kappa shape index (κ2) is 11.4. The molecule has 146 valence electrons. The summed E-state index contributed by atoms with van der Waals surface area (Å²) in [6, 6.07) is 15.7. The van der Waals surface area contributed by atoms with E-state index in [1.54, 1.807) is 0 Å². The van der Waals surface area contributed by atoms with Crippen LogP contribution in [0.5, 0.6) is 0 Å². The lowest BCUT2D eigenvalue weighted by Crippen LogP contribution is -2.31. The van der Waals surface area contributed by atoms with E-state index in [2.05, 4.69) is 41.8 Å². The molecule has 1 unspecified atom stereocenters. The van der Waals surface area contributed by atoms with Gasteiger partial charge in [0.25, 0.3) is 0 Å². The van der Waals surface area contributed by atoms with Gasteiger partial charge in [0.2, 0.25) is 0 Å². The van der Waals surface area contributed by atoms with Gasteiger partial charge in [0, 0.05) is 12.3 Å². The zero-order valence-electron chi connectivity index (χ0n) is 16.5. The van der Waals surface area contributed by atoms with Crippen molar-refractivity contribution in [2.45, 2.75) is 39.8 Å². The van der Waals surface area contributed by atoms with E-state index in [-0.39, 0.29) is 12.1 Å². The highest BCUT2D eigenvalue weighted by molar-refractivity contribution is 5.89. The third-order valence-corrected chi connectivity index (χ3v) is 4.27. The molecule has 27 heavy (non-hydrogen) atoms. The number of aryl methyl sites for hydroxylation is 1. The summed E-state index contributed by atoms with van der Waals surface area (Å²) < 4.78 is 10.8. The summed E-state index contributed by atoms with van der Waals surface area (Å²) in [7, 11) is 0. The molecule has 0 aliphatic heterocycles. The summed E-state index contributed by atoms with van der Waals surface area (Å²) in [6.45, 7) is 8.39. The van der Waals surface area contributed by atoms with Gasteiger partial charge >= 0.3 is 6.03 Å². The predicted octanol–water partition coefficient (Wildman–Crippen LogP) is 4.68. The molecule has 0 radical (unpaired) electrons. The number of hydrogen-bond donors (Lipinski definition) is 2. The number of benzene rings is 2. The van der Waals surface area contributed by atoms with Crippen molar-refractivity contribution in [3.8, 4) is 0 Å². The van der Waals surface area contributed by atoms with E-state index in [1.807, 2.05) is 38.1 Å². The number of urea groups is 1. The number of anilines is 1. The lowest BCUT2D eigenvalue weighted by Gasteiger charge is -2.16. The van der Waals surface area contributed by atoms with Crippen LogP contribution < -0.4 is 10.6 Å². The van der Waals surface area contributed by atoms with Crippen molar-refractivity contribution in [2.75, 3.05) is 25.1 Å². The average molecular weight is 370 g/mol. The largest absolute Gasteiger partial charge is 0.379 e. The van der Waals surface area contributed by atoms with Crippen LogP contribution in [0.4, 0.5) is 10.5 Å². The standard InChI is InChI=1S/C22H30N2O3/c1-4-18-9-11-20(12-10-18)17(3)23-22(25)24-21-8-6-7-19(15-21)16-27-14-13-26-5-2/h6-12,15,17H,4-5,13-14,16H2,1-3H3,(H2,23,24,25). The van der Waals surface area contributed by atoms with Crippen molar-refractivity contribution in [3.05, 3.63) is 65.2 Å². The van der Waals surface area contributed by atoms with Crippen LogP contribution in [-0.2, 0) is 22.5 Å². The number of hydrogen-bond acceptors (Lipinski definition) is 3. The van der Waals surface area contributed by atoms with Gasteiger partial charge in [-0.05, 0) is 49.1 Å². The lowest BCUT2D eigenvalue weighted by atomic mass is 10.1. The van der Waals surface area contributed by atoms with Crippen molar-refractivity contribution in [2.24, 2.45) is 0 Å². The summed E-state index contributed by atoms with van der Waals surface area (Å²) in [6.07, 6.45) is 1.01. The van der Waals surface area contributed by atoms with E-state index in [0.717, 1.165) is 23.2 Å². The van der Waals surface area contributed by atoms with Crippen LogP contribution >= 0.6 is 0 Å². The summed E-state index contributed by atoms with van der Waals surface area (Å²) >= 11 is 0. The Balaban J connectivity index is 1.82. The summed E-state index contributed by atoms with van der Waals surface area (Å²) in [5.74, 6) is 0. The summed E-state index contributed by atoms with van der Waals surface area (Å²) in [5, 5.41) is 5.86. The van der Waals surface area contributed by atoms with Crippen LogP contribution in [0, 0.1) is 0 Å². The predicted molar refractivity (Wildman–Crippen MR) is 109 cm³/mol. The maximum absolute atomic E-state index is 12.3. The minimum absolute atomic E-state index is 0.0685. The quantitative estimate of drug-likeness (QED) is 0.597. The molecule has 2 aromatic rings. The fraction of sp³-hybridized carbons (Fsp3) is 0.409. The van der Waals surface area contributed by atoms with Crippen molar-refractivity contribution >= 4 is 11.7 Å². The van der Waals surface area contributed by atoms with Crippen LogP contribution in [0.2, 0.25) is 0 Å². The van der Waals surface area contributed by atoms with Crippen molar-refractivity contribution in [3.63, 3.8) is 0 Å². The van der Waals surface area contributed by atoms with E-state index in [1.165, 1.54) is 5.56 Å². The number of ether oxygens (including phenoxy) is 2. The zero-order valence-corrected chi connectivity index (χ0v) is 16.5. The first-order chi connectivity index (χ1) is 13.1. The van der Waals surface area contributed by atoms with Crippen LogP contribution in [0.25, 0.3) is 0 Å². The molecular weight excluding hydrogens is 340 g/mol. The maximum Gasteiger partial charge on any atom is 0.319 e. The summed E-state index contributed by atoms with van der Waals surface area (Å²) in [5.41, 5.74) is 4.12. The van der Waals surface area contributed by atoms with Gasteiger partial charge in [-0.25, -0.2) is 4.79 Å². The molecule has 0 saturated heterocycles. The van der Waals surface area contributed by atoms with Gasteiger partial charge in [0.05, 0.1) is 25.9 Å². The van der Waals surface area contributed by atoms with Gasteiger partial charge < -0.3 is 20.1 Å². The first-order valence-corrected chi connectivity index (χ1v) is 9.53. The minimum Gasteiger partial charge on any atom is -0.379 e. The molecule has 0 fully saturated rings. The Morgan fingerprint density at radius 1 is 1.00 bits per heavy atom. The Bertz CT molecular complexity index is 701. The van der Waals surface area contributed by atoms with E-state index in [9.17, 15) is 4.79 Å². The Morgan fingerprint density at radius 3 is 2.44 bits per heavy atom. The molecule has 0 saturated carbocycles. The molecule has 0 spiro atoms. The first kappa shape index (κ1) is 20.9. The molecule has 0 bridgehead atoms. The van der Waals surface area contributed by atoms with Crippen LogP contribution in [0.1, 0.15) is 43.5 Å². The normalized spacial score (nSPS) is 11.8. The molecule has 2 N–H and O–H groups in total. The fourth-order valence-electron chi connectivity index (χ4n) is 2.68. The first-order valence-electron chi connectivity index (χ1n) is 9.53. The lowest BCUT2D eigenvalue weighted by molar-refractivity contribution is 0.0453. The van der Waals surface area contributed by atoms with Gasteiger partial charge in [-0.1, -0.05) is 43.3 Å². The average Bonchev–Trinajstić information content (AvgIpc) is 2.68. The monoisotopic (exact) mass is 370 g/mol. The molecule has 5 heteroatoms. The molecule has 2 aromatic carbocycles. The number of carbonyl (C=O) groups is 1. The van der Waals surface area contributed by atoms with E-state index in [0.29, 0.717) is 26.4 Å². The van der Waals surface area contributed by atoms with Crippen molar-refractivity contribution < 1.29 is 14.3 Å². The van der Waals surface area contributed by atoms with E-state index in [4.69, 9.17) is 9.47 Å². The SMILES string of the molecule is CCOCCOCc1cccc(NC(=O)NC(C)c2ccc(CC)cc2)c1. The second-order valence-corrected chi connectivity index (χ2v) is 6.37. The minimum atomic E-state index is -0.225. The molecule has 0 heterocycles. The van der Waals surface area contributed by atoms with Crippen molar-refractivity contribution in [1.29, 1.82) is 0 Å². The van der Waals surface area contributed by atoms with Crippen molar-refractivity contribution in [1.82, 2.24) is 5.32 Å². The molecular formula is C22H30N2O3. The Morgan fingerprint density at radius 2 is 1.74 bits per heavy atom. The maximum atomic E-state index is 12.3. The number of amides is 2. The van der Waals surface area contributed by atoms with Gasteiger partial charge in [-0.2, -0.15) is 0 Å². The third-order valence-electron chi connectivity index (χ3n) is 4.27. The van der Waals surface area contributed by atoms with Gasteiger partial charge in [-0.15, -0.1) is 0 Å². The van der Waals surface area contributed by atoms with Gasteiger partial charge in [0.15, 0.2) is 0 Å². The second-order valence-electron chi connectivity index (χ2n) is 6.37. The highest BCUT2D eigenvalue weighted by Crippen LogP contribution is 2.15. The molecule has 5 nitrogen and oxygen atoms in total. The smallest absolute Gasteiger partial charge is 0.319 e. The molecule has 0 aromatic heterocycles. The van der Waals surface area contributed by atoms with Gasteiger partial charge in [-0.3, -0.25) is 0 Å². The van der Waals surface area contributed by atoms with Crippen LogP contribution in [0.15, 0.2) is 48.5 Å². The Kier molecular flexibility index (Phi) is 8.81. The number of carbonyl (C=O) groups excluding carboxylic acids is 1. The number of rotatable bonds is 10. The summed E-state index contributed by atoms with van der Waals surface area (Å²) in [4.78, 5) is 12.3. The van der Waals surface area contributed by atoms with Crippen LogP contribution in [-0.4, -0.2) is 25.9 Å². The third kappa shape index (κ3) is 7.41. The molecule has 0 aliphatic rings. The molecule has 2 amide bonds.